The summed E-state index contributed by atoms with van der Waals surface area (Å²) in [4.78, 5) is 0. The molecule has 18 heavy (non-hydrogen) atoms. The van der Waals surface area contributed by atoms with E-state index in [-0.39, 0.29) is 6.61 Å². The van der Waals surface area contributed by atoms with Gasteiger partial charge in [0.1, 0.15) is 0 Å². The van der Waals surface area contributed by atoms with Gasteiger partial charge in [-0.2, -0.15) is 13.2 Å². The van der Waals surface area contributed by atoms with Gasteiger partial charge in [0.15, 0.2) is 0 Å². The minimum atomic E-state index is -4.29. The minimum Gasteiger partial charge on any atom is -0.394 e. The van der Waals surface area contributed by atoms with Crippen LogP contribution in [0, 0.1) is 6.92 Å². The number of aliphatic hydroxyl groups excluding tert-OH is 1. The summed E-state index contributed by atoms with van der Waals surface area (Å²) in [6.45, 7) is 2.16. The molecule has 1 atom stereocenters. The average molecular weight is 261 g/mol. The maximum atomic E-state index is 12.3. The highest BCUT2D eigenvalue weighted by Crippen LogP contribution is 2.26. The molecule has 0 aliphatic rings. The second kappa shape index (κ2) is 5.71. The fourth-order valence-electron chi connectivity index (χ4n) is 1.83. The molecule has 1 unspecified atom stereocenters. The second-order valence-corrected chi connectivity index (χ2v) is 4.43. The van der Waals surface area contributed by atoms with E-state index >= 15 is 0 Å². The molecule has 2 nitrogen and oxygen atoms in total. The van der Waals surface area contributed by atoms with Crippen LogP contribution in [0.25, 0.3) is 0 Å². The smallest absolute Gasteiger partial charge is 0.394 e. The SMILES string of the molecule is CCC(CO)(NCC(F)(F)F)c1ccc(C)cc1. The van der Waals surface area contributed by atoms with Crippen LogP contribution in [0.1, 0.15) is 24.5 Å². The second-order valence-electron chi connectivity index (χ2n) is 4.43. The lowest BCUT2D eigenvalue weighted by atomic mass is 9.87. The zero-order valence-electron chi connectivity index (χ0n) is 10.5. The molecule has 0 aliphatic carbocycles. The number of benzene rings is 1. The summed E-state index contributed by atoms with van der Waals surface area (Å²) in [5, 5.41) is 11.9. The van der Waals surface area contributed by atoms with Crippen LogP contribution in [0.3, 0.4) is 0 Å². The summed E-state index contributed by atoms with van der Waals surface area (Å²) in [6, 6.07) is 7.15. The number of alkyl halides is 3. The fourth-order valence-corrected chi connectivity index (χ4v) is 1.83. The summed E-state index contributed by atoms with van der Waals surface area (Å²) >= 11 is 0. The third-order valence-electron chi connectivity index (χ3n) is 3.10. The lowest BCUT2D eigenvalue weighted by Crippen LogP contribution is -2.48. The van der Waals surface area contributed by atoms with E-state index in [2.05, 4.69) is 5.32 Å². The van der Waals surface area contributed by atoms with Crippen LogP contribution in [0.2, 0.25) is 0 Å². The number of nitrogens with one attached hydrogen (secondary N) is 1. The van der Waals surface area contributed by atoms with Crippen molar-refractivity contribution in [3.63, 3.8) is 0 Å². The Balaban J connectivity index is 2.95. The van der Waals surface area contributed by atoms with Crippen LogP contribution in [0.5, 0.6) is 0 Å². The molecule has 1 aromatic rings. The molecule has 0 spiro atoms. The van der Waals surface area contributed by atoms with Crippen molar-refractivity contribution in [2.45, 2.75) is 32.0 Å². The van der Waals surface area contributed by atoms with Crippen molar-refractivity contribution in [1.82, 2.24) is 5.32 Å². The van der Waals surface area contributed by atoms with E-state index in [1.165, 1.54) is 0 Å². The molecule has 0 aliphatic heterocycles. The van der Waals surface area contributed by atoms with Crippen molar-refractivity contribution < 1.29 is 18.3 Å². The fraction of sp³-hybridized carbons (Fsp3) is 0.538. The average Bonchev–Trinajstić information content (AvgIpc) is 2.32. The first kappa shape index (κ1) is 15.0. The van der Waals surface area contributed by atoms with Crippen LogP contribution in [0.15, 0.2) is 24.3 Å². The molecule has 0 fully saturated rings. The molecule has 1 aromatic carbocycles. The van der Waals surface area contributed by atoms with Crippen LogP contribution in [0.4, 0.5) is 13.2 Å². The van der Waals surface area contributed by atoms with Crippen LogP contribution in [-0.2, 0) is 5.54 Å². The summed E-state index contributed by atoms with van der Waals surface area (Å²) in [5.74, 6) is 0. The lowest BCUT2D eigenvalue weighted by molar-refractivity contribution is -0.130. The van der Waals surface area contributed by atoms with Crippen molar-refractivity contribution in [2.75, 3.05) is 13.2 Å². The van der Waals surface area contributed by atoms with Gasteiger partial charge >= 0.3 is 6.18 Å². The molecule has 0 saturated heterocycles. The maximum absolute atomic E-state index is 12.3. The van der Waals surface area contributed by atoms with Crippen molar-refractivity contribution in [3.8, 4) is 0 Å². The van der Waals surface area contributed by atoms with Gasteiger partial charge in [0, 0.05) is 0 Å². The Kier molecular flexibility index (Phi) is 4.76. The van der Waals surface area contributed by atoms with E-state index < -0.39 is 18.3 Å². The molecular formula is C13H18F3NO. The molecular weight excluding hydrogens is 243 g/mol. The zero-order chi connectivity index (χ0) is 13.8. The van der Waals surface area contributed by atoms with E-state index in [0.29, 0.717) is 12.0 Å². The van der Waals surface area contributed by atoms with Gasteiger partial charge in [0.25, 0.3) is 0 Å². The van der Waals surface area contributed by atoms with E-state index in [1.54, 1.807) is 19.1 Å². The predicted molar refractivity (Wildman–Crippen MR) is 64.3 cm³/mol. The largest absolute Gasteiger partial charge is 0.401 e. The van der Waals surface area contributed by atoms with Crippen molar-refractivity contribution >= 4 is 0 Å². The number of aliphatic hydroxyl groups is 1. The summed E-state index contributed by atoms with van der Waals surface area (Å²) in [5.41, 5.74) is 0.656. The van der Waals surface area contributed by atoms with E-state index in [1.807, 2.05) is 19.1 Å². The highest BCUT2D eigenvalue weighted by molar-refractivity contribution is 5.28. The number of rotatable bonds is 5. The van der Waals surface area contributed by atoms with Gasteiger partial charge in [-0.05, 0) is 18.9 Å². The van der Waals surface area contributed by atoms with Crippen molar-refractivity contribution in [1.29, 1.82) is 0 Å². The summed E-state index contributed by atoms with van der Waals surface area (Å²) in [7, 11) is 0. The molecule has 0 aromatic heterocycles. The van der Waals surface area contributed by atoms with Crippen molar-refractivity contribution in [3.05, 3.63) is 35.4 Å². The first-order valence-corrected chi connectivity index (χ1v) is 5.83. The Morgan fingerprint density at radius 1 is 1.17 bits per heavy atom. The number of hydrogen-bond acceptors (Lipinski definition) is 2. The van der Waals surface area contributed by atoms with Crippen molar-refractivity contribution in [2.24, 2.45) is 0 Å². The van der Waals surface area contributed by atoms with E-state index in [4.69, 9.17) is 0 Å². The topological polar surface area (TPSA) is 32.3 Å². The third kappa shape index (κ3) is 3.71. The van der Waals surface area contributed by atoms with Gasteiger partial charge in [0.05, 0.1) is 18.7 Å². The molecule has 0 bridgehead atoms. The van der Waals surface area contributed by atoms with Gasteiger partial charge in [-0.15, -0.1) is 0 Å². The van der Waals surface area contributed by atoms with Crippen LogP contribution < -0.4 is 5.32 Å². The third-order valence-corrected chi connectivity index (χ3v) is 3.10. The first-order valence-electron chi connectivity index (χ1n) is 5.83. The van der Waals surface area contributed by atoms with Crippen LogP contribution >= 0.6 is 0 Å². The molecule has 102 valence electrons. The Bertz CT molecular complexity index is 369. The number of halogens is 3. The standard InChI is InChI=1S/C13H18F3NO/c1-3-12(9-18,17-8-13(14,15)16)11-6-4-10(2)5-7-11/h4-7,17-18H,3,8-9H2,1-2H3. The van der Waals surface area contributed by atoms with E-state index in [0.717, 1.165) is 5.56 Å². The van der Waals surface area contributed by atoms with Crippen LogP contribution in [-0.4, -0.2) is 24.4 Å². The Morgan fingerprint density at radius 2 is 1.72 bits per heavy atom. The Morgan fingerprint density at radius 3 is 2.11 bits per heavy atom. The molecule has 0 heterocycles. The molecule has 0 amide bonds. The lowest BCUT2D eigenvalue weighted by Gasteiger charge is -2.33. The van der Waals surface area contributed by atoms with Gasteiger partial charge in [-0.1, -0.05) is 36.8 Å². The van der Waals surface area contributed by atoms with Gasteiger partial charge in [-0.3, -0.25) is 5.32 Å². The Labute approximate surface area is 105 Å². The molecule has 1 rings (SSSR count). The maximum Gasteiger partial charge on any atom is 0.401 e. The highest BCUT2D eigenvalue weighted by Gasteiger charge is 2.35. The summed E-state index contributed by atoms with van der Waals surface area (Å²) < 4.78 is 36.9. The monoisotopic (exact) mass is 261 g/mol. The number of aryl methyl sites for hydroxylation is 1. The molecule has 2 N–H and O–H groups in total. The normalized spacial score (nSPS) is 15.4. The van der Waals surface area contributed by atoms with Gasteiger partial charge in [-0.25, -0.2) is 0 Å². The molecule has 5 heteroatoms. The predicted octanol–water partition coefficient (Wildman–Crippen LogP) is 2.74. The molecule has 0 radical (unpaired) electrons. The van der Waals surface area contributed by atoms with E-state index in [9.17, 15) is 18.3 Å². The number of hydrogen-bond donors (Lipinski definition) is 2. The quantitative estimate of drug-likeness (QED) is 0.854. The van der Waals surface area contributed by atoms with Gasteiger partial charge < -0.3 is 5.11 Å². The minimum absolute atomic E-state index is 0.372. The Hall–Kier alpha value is -1.07. The highest BCUT2D eigenvalue weighted by atomic mass is 19.4. The summed E-state index contributed by atoms with van der Waals surface area (Å²) in [6.07, 6.45) is -3.91. The van der Waals surface area contributed by atoms with Gasteiger partial charge in [0.2, 0.25) is 0 Å². The first-order chi connectivity index (χ1) is 8.33. The molecule has 0 saturated carbocycles. The zero-order valence-corrected chi connectivity index (χ0v) is 10.5.